The summed E-state index contributed by atoms with van der Waals surface area (Å²) >= 11 is 11.7. The number of methoxy groups -OCH3 is 3. The molecule has 31 heavy (non-hydrogen) atoms. The van der Waals surface area contributed by atoms with Crippen molar-refractivity contribution in [1.82, 2.24) is 9.88 Å². The van der Waals surface area contributed by atoms with E-state index in [2.05, 4.69) is 10.3 Å². The van der Waals surface area contributed by atoms with Crippen LogP contribution in [0.25, 0.3) is 0 Å². The molecule has 3 rings (SSSR count). The Balaban J connectivity index is 1.90. The molecular weight excluding hydrogens is 434 g/mol. The van der Waals surface area contributed by atoms with Crippen molar-refractivity contribution in [2.75, 3.05) is 26.6 Å². The van der Waals surface area contributed by atoms with Crippen molar-refractivity contribution in [1.29, 1.82) is 0 Å². The lowest BCUT2D eigenvalue weighted by molar-refractivity contribution is 0.341. The van der Waals surface area contributed by atoms with E-state index in [0.717, 1.165) is 16.8 Å². The Kier molecular flexibility index (Phi) is 7.92. The summed E-state index contributed by atoms with van der Waals surface area (Å²) in [6, 6.07) is 15.0. The molecule has 0 bridgehead atoms. The van der Waals surface area contributed by atoms with Crippen LogP contribution in [0.2, 0.25) is 5.02 Å². The topological polar surface area (TPSA) is 55.9 Å². The maximum atomic E-state index is 6.00. The molecule has 0 spiro atoms. The average molecular weight is 458 g/mol. The predicted molar refractivity (Wildman–Crippen MR) is 127 cm³/mol. The number of hydrogen-bond acceptors (Lipinski definition) is 5. The van der Waals surface area contributed by atoms with Crippen molar-refractivity contribution in [3.8, 4) is 17.2 Å². The minimum atomic E-state index is 0.484. The lowest BCUT2D eigenvalue weighted by atomic mass is 10.1. The van der Waals surface area contributed by atoms with Crippen LogP contribution in [-0.4, -0.2) is 36.3 Å². The van der Waals surface area contributed by atoms with Crippen LogP contribution in [0.15, 0.2) is 60.9 Å². The van der Waals surface area contributed by atoms with Gasteiger partial charge in [0.1, 0.15) is 5.75 Å². The second-order valence-corrected chi connectivity index (χ2v) is 7.50. The molecule has 0 atom stereocenters. The maximum Gasteiger partial charge on any atom is 0.174 e. The first-order chi connectivity index (χ1) is 15.0. The van der Waals surface area contributed by atoms with E-state index in [4.69, 9.17) is 38.0 Å². The van der Waals surface area contributed by atoms with Gasteiger partial charge in [-0.3, -0.25) is 4.98 Å². The summed E-state index contributed by atoms with van der Waals surface area (Å²) in [6.45, 7) is 1.04. The number of nitrogens with zero attached hydrogens (tertiary/aromatic N) is 2. The molecule has 0 aliphatic rings. The lowest BCUT2D eigenvalue weighted by Crippen LogP contribution is -2.34. The van der Waals surface area contributed by atoms with Crippen LogP contribution < -0.4 is 19.5 Å². The molecule has 0 aliphatic heterocycles. The van der Waals surface area contributed by atoms with E-state index >= 15 is 0 Å². The largest absolute Gasteiger partial charge is 0.496 e. The Bertz CT molecular complexity index is 1020. The van der Waals surface area contributed by atoms with Gasteiger partial charge in [0.15, 0.2) is 16.6 Å². The van der Waals surface area contributed by atoms with Crippen molar-refractivity contribution >= 4 is 34.6 Å². The second-order valence-electron chi connectivity index (χ2n) is 6.67. The summed E-state index contributed by atoms with van der Waals surface area (Å²) in [6.07, 6.45) is 3.57. The summed E-state index contributed by atoms with van der Waals surface area (Å²) in [5.41, 5.74) is 2.79. The van der Waals surface area contributed by atoms with Gasteiger partial charge in [-0.05, 0) is 54.2 Å². The molecule has 0 amide bonds. The standard InChI is InChI=1S/C23H24ClN3O3S/c1-28-20-12-22(30-3)21(29-2)11-17(20)15-27(14-16-5-4-10-25-13-16)23(31)26-19-8-6-18(24)7-9-19/h4-13H,14-15H2,1-3H3,(H,26,31). The highest BCUT2D eigenvalue weighted by Gasteiger charge is 2.18. The number of aromatic nitrogens is 1. The minimum absolute atomic E-state index is 0.484. The van der Waals surface area contributed by atoms with Gasteiger partial charge in [0, 0.05) is 47.8 Å². The zero-order valence-corrected chi connectivity index (χ0v) is 19.2. The smallest absolute Gasteiger partial charge is 0.174 e. The Hall–Kier alpha value is -3.03. The highest BCUT2D eigenvalue weighted by molar-refractivity contribution is 7.80. The van der Waals surface area contributed by atoms with Crippen molar-refractivity contribution < 1.29 is 14.2 Å². The number of ether oxygens (including phenoxy) is 3. The number of anilines is 1. The number of halogens is 1. The van der Waals surface area contributed by atoms with Gasteiger partial charge in [-0.1, -0.05) is 17.7 Å². The van der Waals surface area contributed by atoms with Gasteiger partial charge in [0.2, 0.25) is 0 Å². The number of benzene rings is 2. The first-order valence-electron chi connectivity index (χ1n) is 9.53. The number of pyridine rings is 1. The van der Waals surface area contributed by atoms with E-state index in [1.165, 1.54) is 0 Å². The molecule has 0 saturated carbocycles. The highest BCUT2D eigenvalue weighted by Crippen LogP contribution is 2.35. The molecule has 1 aromatic heterocycles. The van der Waals surface area contributed by atoms with Crippen LogP contribution in [0.1, 0.15) is 11.1 Å². The van der Waals surface area contributed by atoms with Crippen molar-refractivity contribution in [2.24, 2.45) is 0 Å². The molecule has 2 aromatic carbocycles. The quantitative estimate of drug-likeness (QED) is 0.469. The predicted octanol–water partition coefficient (Wildman–Crippen LogP) is 5.16. The fourth-order valence-electron chi connectivity index (χ4n) is 3.07. The van der Waals surface area contributed by atoms with Crippen LogP contribution in [0.3, 0.4) is 0 Å². The zero-order chi connectivity index (χ0) is 22.2. The molecule has 0 aliphatic carbocycles. The van der Waals surface area contributed by atoms with Crippen LogP contribution in [0.4, 0.5) is 5.69 Å². The first kappa shape index (κ1) is 22.7. The molecular formula is C23H24ClN3O3S. The summed E-state index contributed by atoms with van der Waals surface area (Å²) in [7, 11) is 4.82. The number of thiocarbonyl (C=S) groups is 1. The molecule has 1 N–H and O–H groups in total. The van der Waals surface area contributed by atoms with E-state index in [-0.39, 0.29) is 0 Å². The number of hydrogen-bond donors (Lipinski definition) is 1. The van der Waals surface area contributed by atoms with Gasteiger partial charge in [-0.25, -0.2) is 0 Å². The van der Waals surface area contributed by atoms with Crippen molar-refractivity contribution in [3.05, 3.63) is 77.1 Å². The van der Waals surface area contributed by atoms with Crippen molar-refractivity contribution in [3.63, 3.8) is 0 Å². The van der Waals surface area contributed by atoms with Crippen LogP contribution in [0, 0.1) is 0 Å². The van der Waals surface area contributed by atoms with E-state index in [0.29, 0.717) is 40.5 Å². The summed E-state index contributed by atoms with van der Waals surface area (Å²) in [5.74, 6) is 1.91. The summed E-state index contributed by atoms with van der Waals surface area (Å²) in [4.78, 5) is 6.25. The fourth-order valence-corrected chi connectivity index (χ4v) is 3.44. The SMILES string of the molecule is COc1cc(OC)c(OC)cc1CN(Cc1cccnc1)C(=S)Nc1ccc(Cl)cc1. The van der Waals surface area contributed by atoms with Crippen LogP contribution in [-0.2, 0) is 13.1 Å². The van der Waals surface area contributed by atoms with E-state index < -0.39 is 0 Å². The van der Waals surface area contributed by atoms with E-state index in [1.54, 1.807) is 27.5 Å². The molecule has 162 valence electrons. The molecule has 3 aromatic rings. The van der Waals surface area contributed by atoms with Gasteiger partial charge in [0.05, 0.1) is 21.3 Å². The number of rotatable bonds is 8. The molecule has 6 nitrogen and oxygen atoms in total. The highest BCUT2D eigenvalue weighted by atomic mass is 35.5. The van der Waals surface area contributed by atoms with Crippen molar-refractivity contribution in [2.45, 2.75) is 13.1 Å². The third kappa shape index (κ3) is 5.99. The zero-order valence-electron chi connectivity index (χ0n) is 17.6. The normalized spacial score (nSPS) is 10.3. The third-order valence-electron chi connectivity index (χ3n) is 4.63. The Morgan fingerprint density at radius 1 is 0.968 bits per heavy atom. The van der Waals surface area contributed by atoms with Gasteiger partial charge in [-0.2, -0.15) is 0 Å². The lowest BCUT2D eigenvalue weighted by Gasteiger charge is -2.27. The second kappa shape index (κ2) is 10.8. The van der Waals surface area contributed by atoms with Gasteiger partial charge < -0.3 is 24.4 Å². The van der Waals surface area contributed by atoms with E-state index in [9.17, 15) is 0 Å². The van der Waals surface area contributed by atoms with Gasteiger partial charge >= 0.3 is 0 Å². The Morgan fingerprint density at radius 3 is 2.26 bits per heavy atom. The molecule has 0 fully saturated rings. The molecule has 0 unspecified atom stereocenters. The van der Waals surface area contributed by atoms with E-state index in [1.807, 2.05) is 59.6 Å². The summed E-state index contributed by atoms with van der Waals surface area (Å²) in [5, 5.41) is 4.50. The monoisotopic (exact) mass is 457 g/mol. The van der Waals surface area contributed by atoms with Gasteiger partial charge in [-0.15, -0.1) is 0 Å². The molecule has 1 heterocycles. The Morgan fingerprint density at radius 2 is 1.65 bits per heavy atom. The van der Waals surface area contributed by atoms with Crippen LogP contribution >= 0.6 is 23.8 Å². The number of nitrogens with one attached hydrogen (secondary N) is 1. The molecule has 0 saturated heterocycles. The Labute approximate surface area is 192 Å². The summed E-state index contributed by atoms with van der Waals surface area (Å²) < 4.78 is 16.5. The first-order valence-corrected chi connectivity index (χ1v) is 10.3. The van der Waals surface area contributed by atoms with Crippen LogP contribution in [0.5, 0.6) is 17.2 Å². The average Bonchev–Trinajstić information content (AvgIpc) is 2.80. The fraction of sp³-hybridized carbons (Fsp3) is 0.217. The minimum Gasteiger partial charge on any atom is -0.496 e. The third-order valence-corrected chi connectivity index (χ3v) is 5.24. The molecule has 8 heteroatoms. The maximum absolute atomic E-state index is 6.00. The molecule has 0 radical (unpaired) electrons. The van der Waals surface area contributed by atoms with Gasteiger partial charge in [0.25, 0.3) is 0 Å².